The highest BCUT2D eigenvalue weighted by atomic mass is 35.5. The molecule has 3 rings (SSSR count). The number of rotatable bonds is 7. The molecule has 29 heavy (non-hydrogen) atoms. The van der Waals surface area contributed by atoms with Gasteiger partial charge in [-0.2, -0.15) is 0 Å². The van der Waals surface area contributed by atoms with E-state index in [4.69, 9.17) is 16.0 Å². The molecule has 0 aliphatic heterocycles. The van der Waals surface area contributed by atoms with Crippen LogP contribution in [0.4, 0.5) is 10.1 Å². The third kappa shape index (κ3) is 5.80. The zero-order valence-electron chi connectivity index (χ0n) is 15.3. The van der Waals surface area contributed by atoms with Gasteiger partial charge < -0.3 is 14.6 Å². The first-order valence-electron chi connectivity index (χ1n) is 8.81. The molecule has 0 atom stereocenters. The van der Waals surface area contributed by atoms with E-state index in [1.807, 2.05) is 6.07 Å². The molecule has 0 saturated heterocycles. The van der Waals surface area contributed by atoms with Gasteiger partial charge >= 0.3 is 0 Å². The maximum absolute atomic E-state index is 13.9. The van der Waals surface area contributed by atoms with Gasteiger partial charge in [0.05, 0.1) is 17.8 Å². The number of anilines is 1. The lowest BCUT2D eigenvalue weighted by Gasteiger charge is -2.19. The second-order valence-corrected chi connectivity index (χ2v) is 6.56. The summed E-state index contributed by atoms with van der Waals surface area (Å²) in [6, 6.07) is 16.6. The molecular weight excluding hydrogens is 395 g/mol. The molecule has 0 spiro atoms. The van der Waals surface area contributed by atoms with Gasteiger partial charge in [-0.3, -0.25) is 9.59 Å². The number of furan rings is 1. The van der Waals surface area contributed by atoms with Crippen LogP contribution < -0.4 is 5.32 Å². The zero-order valence-corrected chi connectivity index (χ0v) is 16.1. The largest absolute Gasteiger partial charge is 0.467 e. The highest BCUT2D eigenvalue weighted by Gasteiger charge is 2.17. The van der Waals surface area contributed by atoms with Crippen molar-refractivity contribution in [3.8, 4) is 0 Å². The second-order valence-electron chi connectivity index (χ2n) is 6.16. The average Bonchev–Trinajstić information content (AvgIpc) is 3.21. The predicted octanol–water partition coefficient (Wildman–Crippen LogP) is 4.75. The van der Waals surface area contributed by atoms with Crippen molar-refractivity contribution in [1.29, 1.82) is 0 Å². The van der Waals surface area contributed by atoms with Crippen LogP contribution in [0, 0.1) is 5.82 Å². The molecule has 0 saturated carbocycles. The van der Waals surface area contributed by atoms with Crippen molar-refractivity contribution in [1.82, 2.24) is 4.90 Å². The first-order valence-corrected chi connectivity index (χ1v) is 9.19. The van der Waals surface area contributed by atoms with Crippen LogP contribution in [0.3, 0.4) is 0 Å². The van der Waals surface area contributed by atoms with E-state index in [-0.39, 0.29) is 29.6 Å². The molecule has 0 fully saturated rings. The summed E-state index contributed by atoms with van der Waals surface area (Å²) in [5.41, 5.74) is 0.728. The molecule has 1 heterocycles. The van der Waals surface area contributed by atoms with Gasteiger partial charge in [-0.1, -0.05) is 35.9 Å². The van der Waals surface area contributed by atoms with Crippen molar-refractivity contribution in [3.05, 3.63) is 95.2 Å². The molecule has 1 N–H and O–H groups in total. The van der Waals surface area contributed by atoms with Gasteiger partial charge in [0.1, 0.15) is 18.1 Å². The van der Waals surface area contributed by atoms with E-state index < -0.39 is 11.7 Å². The first kappa shape index (κ1) is 20.4. The van der Waals surface area contributed by atoms with Crippen molar-refractivity contribution < 1.29 is 18.4 Å². The lowest BCUT2D eigenvalue weighted by Crippen LogP contribution is -2.36. The van der Waals surface area contributed by atoms with E-state index in [1.165, 1.54) is 41.5 Å². The van der Waals surface area contributed by atoms with Crippen molar-refractivity contribution in [2.45, 2.75) is 6.54 Å². The predicted molar refractivity (Wildman–Crippen MR) is 110 cm³/mol. The second kappa shape index (κ2) is 9.71. The van der Waals surface area contributed by atoms with Crippen molar-refractivity contribution in [2.75, 3.05) is 11.9 Å². The minimum atomic E-state index is -0.541. The number of carbonyl (C=O) groups is 2. The first-order chi connectivity index (χ1) is 14.0. The Hall–Kier alpha value is -3.38. The summed E-state index contributed by atoms with van der Waals surface area (Å²) >= 11 is 5.99. The Labute approximate surface area is 172 Å². The topological polar surface area (TPSA) is 62.6 Å². The van der Waals surface area contributed by atoms with Crippen LogP contribution in [0.5, 0.6) is 0 Å². The van der Waals surface area contributed by atoms with Crippen LogP contribution in [-0.2, 0) is 16.1 Å². The number of carbonyl (C=O) groups excluding carboxylic acids is 2. The van der Waals surface area contributed by atoms with Crippen molar-refractivity contribution in [3.63, 3.8) is 0 Å². The third-order valence-electron chi connectivity index (χ3n) is 4.02. The van der Waals surface area contributed by atoms with E-state index in [0.29, 0.717) is 11.4 Å². The summed E-state index contributed by atoms with van der Waals surface area (Å²) in [5.74, 6) is -0.874. The monoisotopic (exact) mass is 412 g/mol. The summed E-state index contributed by atoms with van der Waals surface area (Å²) in [6.07, 6.45) is 3.96. The molecular formula is C22H18ClFN2O3. The molecule has 0 radical (unpaired) electrons. The van der Waals surface area contributed by atoms with Gasteiger partial charge in [0.2, 0.25) is 11.8 Å². The molecule has 5 nitrogen and oxygen atoms in total. The number of nitrogens with one attached hydrogen (secondary N) is 1. The smallest absolute Gasteiger partial charge is 0.247 e. The van der Waals surface area contributed by atoms with Crippen LogP contribution in [0.2, 0.25) is 5.02 Å². The Balaban J connectivity index is 1.74. The van der Waals surface area contributed by atoms with Gasteiger partial charge in [-0.05, 0) is 42.5 Å². The normalized spacial score (nSPS) is 10.8. The van der Waals surface area contributed by atoms with Gasteiger partial charge in [0, 0.05) is 17.3 Å². The fraction of sp³-hybridized carbons (Fsp3) is 0.0909. The molecule has 2 amide bonds. The highest BCUT2D eigenvalue weighted by Crippen LogP contribution is 2.20. The Morgan fingerprint density at radius 3 is 2.55 bits per heavy atom. The number of amides is 2. The SMILES string of the molecule is O=C(CN(Cc1ccco1)C(=O)/C=C/c1c(F)cccc1Cl)Nc1ccccc1. The summed E-state index contributed by atoms with van der Waals surface area (Å²) < 4.78 is 19.2. The minimum Gasteiger partial charge on any atom is -0.467 e. The standard InChI is InChI=1S/C22H18ClFN2O3/c23-19-9-4-10-20(24)18(19)11-12-22(28)26(14-17-8-5-13-29-17)15-21(27)25-16-6-2-1-3-7-16/h1-13H,14-15H2,(H,25,27)/b12-11+. The van der Waals surface area contributed by atoms with Crippen LogP contribution in [-0.4, -0.2) is 23.3 Å². The van der Waals surface area contributed by atoms with Gasteiger partial charge in [-0.25, -0.2) is 4.39 Å². The quantitative estimate of drug-likeness (QED) is 0.569. The lowest BCUT2D eigenvalue weighted by molar-refractivity contribution is -0.131. The zero-order chi connectivity index (χ0) is 20.6. The van der Waals surface area contributed by atoms with E-state index >= 15 is 0 Å². The number of hydrogen-bond donors (Lipinski definition) is 1. The maximum Gasteiger partial charge on any atom is 0.247 e. The van der Waals surface area contributed by atoms with E-state index in [9.17, 15) is 14.0 Å². The Morgan fingerprint density at radius 2 is 1.86 bits per heavy atom. The third-order valence-corrected chi connectivity index (χ3v) is 4.35. The molecule has 0 unspecified atom stereocenters. The fourth-order valence-electron chi connectivity index (χ4n) is 2.63. The van der Waals surface area contributed by atoms with Crippen molar-refractivity contribution >= 4 is 35.2 Å². The molecule has 148 valence electrons. The molecule has 2 aromatic carbocycles. The number of benzene rings is 2. The van der Waals surface area contributed by atoms with Crippen LogP contribution in [0.1, 0.15) is 11.3 Å². The summed E-state index contributed by atoms with van der Waals surface area (Å²) in [7, 11) is 0. The van der Waals surface area contributed by atoms with Gasteiger partial charge in [0.25, 0.3) is 0 Å². The average molecular weight is 413 g/mol. The highest BCUT2D eigenvalue weighted by molar-refractivity contribution is 6.32. The number of hydrogen-bond acceptors (Lipinski definition) is 3. The molecule has 0 bridgehead atoms. The molecule has 1 aromatic heterocycles. The molecule has 0 aliphatic carbocycles. The summed E-state index contributed by atoms with van der Waals surface area (Å²) in [4.78, 5) is 26.4. The summed E-state index contributed by atoms with van der Waals surface area (Å²) in [5, 5.41) is 2.92. The summed E-state index contributed by atoms with van der Waals surface area (Å²) in [6.45, 7) is -0.118. The molecule has 3 aromatic rings. The van der Waals surface area contributed by atoms with E-state index in [0.717, 1.165) is 0 Å². The van der Waals surface area contributed by atoms with E-state index in [2.05, 4.69) is 5.32 Å². The van der Waals surface area contributed by atoms with Crippen LogP contribution in [0.15, 0.2) is 77.4 Å². The molecule has 0 aliphatic rings. The number of halogens is 2. The minimum absolute atomic E-state index is 0.0867. The van der Waals surface area contributed by atoms with E-state index in [1.54, 1.807) is 36.4 Å². The number of para-hydroxylation sites is 1. The van der Waals surface area contributed by atoms with Gasteiger partial charge in [0.15, 0.2) is 0 Å². The molecule has 7 heteroatoms. The number of nitrogens with zero attached hydrogens (tertiary/aromatic N) is 1. The fourth-order valence-corrected chi connectivity index (χ4v) is 2.85. The van der Waals surface area contributed by atoms with Crippen molar-refractivity contribution in [2.24, 2.45) is 0 Å². The Morgan fingerprint density at radius 1 is 1.07 bits per heavy atom. The van der Waals surface area contributed by atoms with Crippen LogP contribution in [0.25, 0.3) is 6.08 Å². The van der Waals surface area contributed by atoms with Gasteiger partial charge in [-0.15, -0.1) is 0 Å². The van der Waals surface area contributed by atoms with Crippen LogP contribution >= 0.6 is 11.6 Å². The Bertz CT molecular complexity index is 984. The Kier molecular flexibility index (Phi) is 6.81. The lowest BCUT2D eigenvalue weighted by atomic mass is 10.2. The maximum atomic E-state index is 13.9.